The van der Waals surface area contributed by atoms with E-state index in [2.05, 4.69) is 27.4 Å². The molecule has 2 aromatic rings. The van der Waals surface area contributed by atoms with Crippen molar-refractivity contribution in [3.63, 3.8) is 0 Å². The molecule has 0 radical (unpaired) electrons. The second-order valence-electron chi connectivity index (χ2n) is 5.72. The number of nitrogens with one attached hydrogen (secondary N) is 1. The Kier molecular flexibility index (Phi) is 4.71. The molecule has 23 heavy (non-hydrogen) atoms. The Morgan fingerprint density at radius 2 is 2.39 bits per heavy atom. The first-order valence-corrected chi connectivity index (χ1v) is 7.96. The molecular formula is C15H22N6O2. The fraction of sp³-hybridized carbons (Fsp3) is 0.600. The molecule has 1 aliphatic heterocycles. The van der Waals surface area contributed by atoms with Crippen molar-refractivity contribution in [1.29, 1.82) is 0 Å². The van der Waals surface area contributed by atoms with Crippen molar-refractivity contribution in [1.82, 2.24) is 29.9 Å². The molecule has 0 saturated carbocycles. The lowest BCUT2D eigenvalue weighted by molar-refractivity contribution is -0.0321. The standard InChI is InChI=1S/C15H22N6O2/c1-3-21-12(6-7-18-21)13-11(5-4-8-23-13)9-16-15(22)14-17-10-20(2)19-14/h6-7,10-11,13H,3-5,8-9H2,1-2H3,(H,16,22)/t11-,13+/m0/s1. The van der Waals surface area contributed by atoms with Crippen molar-refractivity contribution in [2.24, 2.45) is 13.0 Å². The fourth-order valence-electron chi connectivity index (χ4n) is 2.97. The summed E-state index contributed by atoms with van der Waals surface area (Å²) in [5.41, 5.74) is 1.07. The highest BCUT2D eigenvalue weighted by Gasteiger charge is 2.30. The van der Waals surface area contributed by atoms with Gasteiger partial charge in [-0.05, 0) is 25.8 Å². The van der Waals surface area contributed by atoms with E-state index in [1.807, 2.05) is 10.7 Å². The lowest BCUT2D eigenvalue weighted by atomic mass is 9.92. The summed E-state index contributed by atoms with van der Waals surface area (Å²) >= 11 is 0. The summed E-state index contributed by atoms with van der Waals surface area (Å²) < 4.78 is 9.44. The molecule has 2 aromatic heterocycles. The molecule has 0 aliphatic carbocycles. The number of carbonyl (C=O) groups excluding carboxylic acids is 1. The van der Waals surface area contributed by atoms with Gasteiger partial charge in [0.2, 0.25) is 5.82 Å². The van der Waals surface area contributed by atoms with E-state index in [1.54, 1.807) is 13.2 Å². The van der Waals surface area contributed by atoms with Gasteiger partial charge in [-0.3, -0.25) is 14.2 Å². The highest BCUT2D eigenvalue weighted by Crippen LogP contribution is 2.33. The second kappa shape index (κ2) is 6.91. The third-order valence-corrected chi connectivity index (χ3v) is 4.11. The predicted octanol–water partition coefficient (Wildman–Crippen LogP) is 0.929. The number of rotatable bonds is 5. The predicted molar refractivity (Wildman–Crippen MR) is 82.7 cm³/mol. The van der Waals surface area contributed by atoms with Crippen molar-refractivity contribution in [3.05, 3.63) is 30.1 Å². The largest absolute Gasteiger partial charge is 0.372 e. The molecule has 1 amide bonds. The van der Waals surface area contributed by atoms with Crippen molar-refractivity contribution in [3.8, 4) is 0 Å². The van der Waals surface area contributed by atoms with Crippen LogP contribution in [0.3, 0.4) is 0 Å². The molecule has 1 fully saturated rings. The second-order valence-corrected chi connectivity index (χ2v) is 5.72. The van der Waals surface area contributed by atoms with E-state index in [0.29, 0.717) is 6.54 Å². The number of carbonyl (C=O) groups is 1. The lowest BCUT2D eigenvalue weighted by Crippen LogP contribution is -2.36. The van der Waals surface area contributed by atoms with Gasteiger partial charge in [-0.25, -0.2) is 4.98 Å². The Labute approximate surface area is 134 Å². The Bertz CT molecular complexity index is 664. The Hall–Kier alpha value is -2.22. The molecule has 2 atom stereocenters. The third kappa shape index (κ3) is 3.42. The smallest absolute Gasteiger partial charge is 0.290 e. The number of aryl methyl sites for hydroxylation is 2. The molecule has 1 saturated heterocycles. The number of nitrogens with zero attached hydrogens (tertiary/aromatic N) is 5. The van der Waals surface area contributed by atoms with Gasteiger partial charge in [-0.2, -0.15) is 5.10 Å². The van der Waals surface area contributed by atoms with Crippen LogP contribution in [0.4, 0.5) is 0 Å². The van der Waals surface area contributed by atoms with Crippen LogP contribution in [0.25, 0.3) is 0 Å². The van der Waals surface area contributed by atoms with E-state index in [-0.39, 0.29) is 23.8 Å². The molecule has 1 aliphatic rings. The van der Waals surface area contributed by atoms with Crippen LogP contribution in [-0.4, -0.2) is 43.6 Å². The summed E-state index contributed by atoms with van der Waals surface area (Å²) in [6.45, 7) is 4.14. The molecule has 0 spiro atoms. The first kappa shape index (κ1) is 15.7. The zero-order chi connectivity index (χ0) is 16.2. The van der Waals surface area contributed by atoms with Crippen LogP contribution in [0.1, 0.15) is 42.2 Å². The molecule has 8 heteroatoms. The average Bonchev–Trinajstić information content (AvgIpc) is 3.21. The molecule has 0 bridgehead atoms. The molecule has 3 rings (SSSR count). The Morgan fingerprint density at radius 3 is 3.13 bits per heavy atom. The van der Waals surface area contributed by atoms with Crippen molar-refractivity contribution >= 4 is 5.91 Å². The quantitative estimate of drug-likeness (QED) is 0.886. The maximum atomic E-state index is 12.1. The maximum Gasteiger partial charge on any atom is 0.290 e. The van der Waals surface area contributed by atoms with Crippen LogP contribution in [0.2, 0.25) is 0 Å². The summed E-state index contributed by atoms with van der Waals surface area (Å²) in [6, 6.07) is 1.99. The van der Waals surface area contributed by atoms with Gasteiger partial charge in [-0.1, -0.05) is 0 Å². The first-order chi connectivity index (χ1) is 11.2. The molecule has 124 valence electrons. The van der Waals surface area contributed by atoms with Crippen molar-refractivity contribution in [2.45, 2.75) is 32.4 Å². The monoisotopic (exact) mass is 318 g/mol. The fourth-order valence-corrected chi connectivity index (χ4v) is 2.97. The summed E-state index contributed by atoms with van der Waals surface area (Å²) in [5.74, 6) is 0.164. The lowest BCUT2D eigenvalue weighted by Gasteiger charge is -2.32. The molecule has 1 N–H and O–H groups in total. The highest BCUT2D eigenvalue weighted by molar-refractivity contribution is 5.90. The number of aromatic nitrogens is 5. The summed E-state index contributed by atoms with van der Waals surface area (Å²) in [4.78, 5) is 16.1. The SMILES string of the molecule is CCn1nccc1[C@@H]1OCCC[C@H]1CNC(=O)c1ncn(C)n1. The number of hydrogen-bond acceptors (Lipinski definition) is 5. The average molecular weight is 318 g/mol. The molecule has 3 heterocycles. The minimum Gasteiger partial charge on any atom is -0.372 e. The van der Waals surface area contributed by atoms with Gasteiger partial charge in [0, 0.05) is 38.9 Å². The molecular weight excluding hydrogens is 296 g/mol. The minimum absolute atomic E-state index is 0.0387. The van der Waals surface area contributed by atoms with E-state index in [1.165, 1.54) is 11.0 Å². The minimum atomic E-state index is -0.251. The van der Waals surface area contributed by atoms with Gasteiger partial charge in [0.25, 0.3) is 5.91 Å². The van der Waals surface area contributed by atoms with Gasteiger partial charge < -0.3 is 10.1 Å². The zero-order valence-electron chi connectivity index (χ0n) is 13.5. The van der Waals surface area contributed by atoms with Crippen LogP contribution in [-0.2, 0) is 18.3 Å². The van der Waals surface area contributed by atoms with Crippen LogP contribution >= 0.6 is 0 Å². The summed E-state index contributed by atoms with van der Waals surface area (Å²) in [5, 5.41) is 11.3. The van der Waals surface area contributed by atoms with Crippen LogP contribution in [0.5, 0.6) is 0 Å². The highest BCUT2D eigenvalue weighted by atomic mass is 16.5. The van der Waals surface area contributed by atoms with Crippen molar-refractivity contribution in [2.75, 3.05) is 13.2 Å². The van der Waals surface area contributed by atoms with Gasteiger partial charge >= 0.3 is 0 Å². The topological polar surface area (TPSA) is 86.9 Å². The Morgan fingerprint density at radius 1 is 1.52 bits per heavy atom. The number of amides is 1. The zero-order valence-corrected chi connectivity index (χ0v) is 13.5. The molecule has 0 unspecified atom stereocenters. The first-order valence-electron chi connectivity index (χ1n) is 7.96. The van der Waals surface area contributed by atoms with Crippen molar-refractivity contribution < 1.29 is 9.53 Å². The maximum absolute atomic E-state index is 12.1. The molecule has 0 aromatic carbocycles. The third-order valence-electron chi connectivity index (χ3n) is 4.11. The van der Waals surface area contributed by atoms with Gasteiger partial charge in [-0.15, -0.1) is 5.10 Å². The van der Waals surface area contributed by atoms with E-state index in [0.717, 1.165) is 31.7 Å². The number of hydrogen-bond donors (Lipinski definition) is 1. The van der Waals surface area contributed by atoms with E-state index >= 15 is 0 Å². The van der Waals surface area contributed by atoms with Crippen LogP contribution in [0, 0.1) is 5.92 Å². The summed E-state index contributed by atoms with van der Waals surface area (Å²) in [7, 11) is 1.74. The van der Waals surface area contributed by atoms with Gasteiger partial charge in [0.15, 0.2) is 0 Å². The van der Waals surface area contributed by atoms with Gasteiger partial charge in [0.05, 0.1) is 5.69 Å². The van der Waals surface area contributed by atoms with Gasteiger partial charge in [0.1, 0.15) is 12.4 Å². The Balaban J connectivity index is 1.66. The normalized spacial score (nSPS) is 21.3. The number of ether oxygens (including phenoxy) is 1. The van der Waals surface area contributed by atoms with E-state index in [9.17, 15) is 4.79 Å². The molecule has 8 nitrogen and oxygen atoms in total. The van der Waals surface area contributed by atoms with E-state index in [4.69, 9.17) is 4.74 Å². The van der Waals surface area contributed by atoms with Crippen LogP contribution < -0.4 is 5.32 Å². The van der Waals surface area contributed by atoms with E-state index < -0.39 is 0 Å². The summed E-state index contributed by atoms with van der Waals surface area (Å²) in [6.07, 6.45) is 5.28. The van der Waals surface area contributed by atoms with Crippen LogP contribution in [0.15, 0.2) is 18.6 Å².